The lowest BCUT2D eigenvalue weighted by Gasteiger charge is -2.22. The van der Waals surface area contributed by atoms with Gasteiger partial charge in [0.1, 0.15) is 11.3 Å². The zero-order chi connectivity index (χ0) is 13.4. The number of hydrogen-bond acceptors (Lipinski definition) is 4. The molecule has 96 valence electrons. The van der Waals surface area contributed by atoms with Crippen LogP contribution in [0, 0.1) is 11.3 Å². The molecule has 18 heavy (non-hydrogen) atoms. The van der Waals surface area contributed by atoms with E-state index < -0.39 is 5.54 Å². The van der Waals surface area contributed by atoms with Gasteiger partial charge >= 0.3 is 0 Å². The van der Waals surface area contributed by atoms with Crippen LogP contribution < -0.4 is 10.1 Å². The molecule has 0 aliphatic heterocycles. The van der Waals surface area contributed by atoms with Gasteiger partial charge in [-0.05, 0) is 19.1 Å². The van der Waals surface area contributed by atoms with Gasteiger partial charge in [-0.3, -0.25) is 4.79 Å². The molecule has 0 aliphatic rings. The molecule has 0 saturated carbocycles. The molecule has 5 heteroatoms. The first-order valence-electron chi connectivity index (χ1n) is 5.49. The fraction of sp³-hybridized carbons (Fsp3) is 0.385. The first kappa shape index (κ1) is 14.0. The molecule has 0 radical (unpaired) electrons. The van der Waals surface area contributed by atoms with Crippen LogP contribution in [-0.4, -0.2) is 31.8 Å². The summed E-state index contributed by atoms with van der Waals surface area (Å²) in [5.41, 5.74) is -1.04. The minimum absolute atomic E-state index is 0.126. The summed E-state index contributed by atoms with van der Waals surface area (Å²) in [5, 5.41) is 11.5. The maximum Gasteiger partial charge on any atom is 0.259 e. The first-order chi connectivity index (χ1) is 8.59. The Morgan fingerprint density at radius 2 is 2.11 bits per heavy atom. The van der Waals surface area contributed by atoms with Crippen molar-refractivity contribution < 1.29 is 14.3 Å². The van der Waals surface area contributed by atoms with Crippen molar-refractivity contribution in [1.82, 2.24) is 5.32 Å². The van der Waals surface area contributed by atoms with Gasteiger partial charge in [-0.2, -0.15) is 5.26 Å². The molecule has 1 aromatic carbocycles. The monoisotopic (exact) mass is 248 g/mol. The van der Waals surface area contributed by atoms with E-state index in [9.17, 15) is 4.79 Å². The van der Waals surface area contributed by atoms with Crippen molar-refractivity contribution in [3.63, 3.8) is 0 Å². The quantitative estimate of drug-likeness (QED) is 0.818. The molecule has 1 atom stereocenters. The van der Waals surface area contributed by atoms with E-state index in [-0.39, 0.29) is 19.1 Å². The van der Waals surface area contributed by atoms with Crippen molar-refractivity contribution in [2.45, 2.75) is 12.5 Å². The summed E-state index contributed by atoms with van der Waals surface area (Å²) in [6, 6.07) is 11.0. The fourth-order valence-corrected chi connectivity index (χ4v) is 1.39. The highest BCUT2D eigenvalue weighted by Crippen LogP contribution is 2.08. The molecule has 1 N–H and O–H groups in total. The van der Waals surface area contributed by atoms with E-state index in [0.29, 0.717) is 5.75 Å². The molecule has 1 rings (SSSR count). The molecule has 1 amide bonds. The lowest BCUT2D eigenvalue weighted by Crippen LogP contribution is -2.49. The van der Waals surface area contributed by atoms with Gasteiger partial charge in [0.15, 0.2) is 6.61 Å². The second-order valence-corrected chi connectivity index (χ2v) is 4.03. The van der Waals surface area contributed by atoms with Gasteiger partial charge in [0.2, 0.25) is 0 Å². The Labute approximate surface area is 106 Å². The Hall–Kier alpha value is -2.06. The van der Waals surface area contributed by atoms with Crippen molar-refractivity contribution >= 4 is 5.91 Å². The molecule has 0 aliphatic carbocycles. The minimum atomic E-state index is -1.04. The summed E-state index contributed by atoms with van der Waals surface area (Å²) in [5.74, 6) is 0.248. The number of hydrogen-bond donors (Lipinski definition) is 1. The minimum Gasteiger partial charge on any atom is -0.484 e. The Bertz CT molecular complexity index is 428. The van der Waals surface area contributed by atoms with E-state index in [0.717, 1.165) is 0 Å². The van der Waals surface area contributed by atoms with Gasteiger partial charge < -0.3 is 14.8 Å². The van der Waals surface area contributed by atoms with Crippen LogP contribution in [0.5, 0.6) is 5.75 Å². The van der Waals surface area contributed by atoms with Crippen LogP contribution in [0.15, 0.2) is 30.3 Å². The number of nitrogens with zero attached hydrogens (tertiary/aromatic N) is 1. The smallest absolute Gasteiger partial charge is 0.259 e. The van der Waals surface area contributed by atoms with Crippen LogP contribution in [0.3, 0.4) is 0 Å². The number of nitrogens with one attached hydrogen (secondary N) is 1. The predicted octanol–water partition coefficient (Wildman–Crippen LogP) is 1.11. The Kier molecular flexibility index (Phi) is 5.15. The summed E-state index contributed by atoms with van der Waals surface area (Å²) in [4.78, 5) is 11.6. The molecule has 0 aromatic heterocycles. The van der Waals surface area contributed by atoms with Crippen LogP contribution in [0.4, 0.5) is 0 Å². The molecular formula is C13H16N2O3. The van der Waals surface area contributed by atoms with Crippen LogP contribution in [0.25, 0.3) is 0 Å². The number of para-hydroxylation sites is 1. The number of benzene rings is 1. The standard InChI is InChI=1S/C13H16N2O3/c1-13(9-14,10-17-2)15-12(16)8-18-11-6-4-3-5-7-11/h3-7H,8,10H2,1-2H3,(H,15,16)/t13-/m1/s1. The summed E-state index contributed by atoms with van der Waals surface area (Å²) in [6.45, 7) is 1.59. The largest absolute Gasteiger partial charge is 0.484 e. The van der Waals surface area contributed by atoms with Gasteiger partial charge in [-0.15, -0.1) is 0 Å². The maximum atomic E-state index is 11.6. The van der Waals surface area contributed by atoms with Crippen molar-refractivity contribution in [3.8, 4) is 11.8 Å². The van der Waals surface area contributed by atoms with Crippen molar-refractivity contribution in [2.24, 2.45) is 0 Å². The molecule has 0 fully saturated rings. The molecule has 0 bridgehead atoms. The van der Waals surface area contributed by atoms with Crippen LogP contribution in [0.1, 0.15) is 6.92 Å². The van der Waals surface area contributed by atoms with Gasteiger partial charge in [0, 0.05) is 7.11 Å². The maximum absolute atomic E-state index is 11.6. The van der Waals surface area contributed by atoms with E-state index in [2.05, 4.69) is 5.32 Å². The van der Waals surface area contributed by atoms with E-state index in [4.69, 9.17) is 14.7 Å². The third-order valence-electron chi connectivity index (χ3n) is 2.21. The molecule has 0 heterocycles. The average molecular weight is 248 g/mol. The van der Waals surface area contributed by atoms with Crippen molar-refractivity contribution in [2.75, 3.05) is 20.3 Å². The fourth-order valence-electron chi connectivity index (χ4n) is 1.39. The Morgan fingerprint density at radius 3 is 2.67 bits per heavy atom. The molecule has 1 aromatic rings. The SMILES string of the molecule is COC[C@@](C)(C#N)NC(=O)COc1ccccc1. The van der Waals surface area contributed by atoms with Crippen LogP contribution in [-0.2, 0) is 9.53 Å². The number of nitriles is 1. The summed E-state index contributed by atoms with van der Waals surface area (Å²) < 4.78 is 10.2. The number of amides is 1. The van der Waals surface area contributed by atoms with Gasteiger partial charge in [0.05, 0.1) is 12.7 Å². The average Bonchev–Trinajstić information content (AvgIpc) is 2.38. The highest BCUT2D eigenvalue weighted by molar-refractivity contribution is 5.78. The third kappa shape index (κ3) is 4.44. The first-order valence-corrected chi connectivity index (χ1v) is 5.49. The van der Waals surface area contributed by atoms with E-state index in [1.54, 1.807) is 19.1 Å². The molecule has 0 saturated heterocycles. The molecule has 0 spiro atoms. The lowest BCUT2D eigenvalue weighted by molar-refractivity contribution is -0.124. The van der Waals surface area contributed by atoms with Crippen LogP contribution in [0.2, 0.25) is 0 Å². The normalized spacial score (nSPS) is 13.2. The van der Waals surface area contributed by atoms with E-state index in [1.165, 1.54) is 7.11 Å². The molecule has 5 nitrogen and oxygen atoms in total. The number of methoxy groups -OCH3 is 1. The van der Waals surface area contributed by atoms with Gasteiger partial charge in [0.25, 0.3) is 5.91 Å². The zero-order valence-corrected chi connectivity index (χ0v) is 10.5. The van der Waals surface area contributed by atoms with Crippen LogP contribution >= 0.6 is 0 Å². The zero-order valence-electron chi connectivity index (χ0n) is 10.5. The molecule has 0 unspecified atom stereocenters. The molecular weight excluding hydrogens is 232 g/mol. The van der Waals surface area contributed by atoms with E-state index in [1.807, 2.05) is 24.3 Å². The predicted molar refractivity (Wildman–Crippen MR) is 66.0 cm³/mol. The second kappa shape index (κ2) is 6.62. The van der Waals surface area contributed by atoms with Crippen molar-refractivity contribution in [1.29, 1.82) is 5.26 Å². The number of carbonyl (C=O) groups is 1. The number of rotatable bonds is 6. The topological polar surface area (TPSA) is 71.3 Å². The van der Waals surface area contributed by atoms with Gasteiger partial charge in [-0.25, -0.2) is 0 Å². The summed E-state index contributed by atoms with van der Waals surface area (Å²) in [7, 11) is 1.47. The highest BCUT2D eigenvalue weighted by Gasteiger charge is 2.26. The Balaban J connectivity index is 2.45. The van der Waals surface area contributed by atoms with E-state index >= 15 is 0 Å². The summed E-state index contributed by atoms with van der Waals surface area (Å²) >= 11 is 0. The Morgan fingerprint density at radius 1 is 1.44 bits per heavy atom. The van der Waals surface area contributed by atoms with Gasteiger partial charge in [-0.1, -0.05) is 18.2 Å². The second-order valence-electron chi connectivity index (χ2n) is 4.03. The lowest BCUT2D eigenvalue weighted by atomic mass is 10.1. The number of ether oxygens (including phenoxy) is 2. The highest BCUT2D eigenvalue weighted by atomic mass is 16.5. The number of carbonyl (C=O) groups excluding carboxylic acids is 1. The van der Waals surface area contributed by atoms with Crippen molar-refractivity contribution in [3.05, 3.63) is 30.3 Å². The third-order valence-corrected chi connectivity index (χ3v) is 2.21. The summed E-state index contributed by atoms with van der Waals surface area (Å²) in [6.07, 6.45) is 0.